The Morgan fingerprint density at radius 2 is 2.00 bits per heavy atom. The first-order chi connectivity index (χ1) is 6.67. The van der Waals surface area contributed by atoms with Crippen LogP contribution in [0.5, 0.6) is 0 Å². The van der Waals surface area contributed by atoms with Crippen molar-refractivity contribution >= 4 is 11.9 Å². The number of rotatable bonds is 1. The van der Waals surface area contributed by atoms with E-state index in [-0.39, 0.29) is 18.0 Å². The minimum atomic E-state index is -4.99. The lowest BCUT2D eigenvalue weighted by Gasteiger charge is -2.22. The Labute approximate surface area is 82.8 Å². The van der Waals surface area contributed by atoms with Crippen molar-refractivity contribution in [1.29, 1.82) is 0 Å². The molecule has 86 valence electrons. The number of carboxylic acids is 1. The molecule has 1 rings (SSSR count). The van der Waals surface area contributed by atoms with Crippen LogP contribution in [0.3, 0.4) is 0 Å². The van der Waals surface area contributed by atoms with E-state index in [4.69, 9.17) is 5.11 Å². The van der Waals surface area contributed by atoms with Crippen LogP contribution in [0, 0.1) is 0 Å². The van der Waals surface area contributed by atoms with Crippen molar-refractivity contribution < 1.29 is 27.9 Å². The lowest BCUT2D eigenvalue weighted by Crippen LogP contribution is -2.53. The lowest BCUT2D eigenvalue weighted by atomic mass is 10.0. The van der Waals surface area contributed by atoms with Crippen LogP contribution in [-0.2, 0) is 9.59 Å². The standard InChI is InChI=1S/C7H9F3N2O3/c1-6(5(14)15)2-3-12(11-6)4(13)7(8,9)10/h11H,2-3H2,1H3,(H,14,15). The first-order valence-electron chi connectivity index (χ1n) is 4.07. The van der Waals surface area contributed by atoms with Crippen LogP contribution in [-0.4, -0.2) is 40.3 Å². The number of halogens is 3. The van der Waals surface area contributed by atoms with E-state index in [1.165, 1.54) is 6.92 Å². The van der Waals surface area contributed by atoms with Crippen molar-refractivity contribution in [2.75, 3.05) is 6.54 Å². The zero-order chi connectivity index (χ0) is 11.9. The number of alkyl halides is 3. The maximum Gasteiger partial charge on any atom is 0.472 e. The number of nitrogens with one attached hydrogen (secondary N) is 1. The number of nitrogens with zero attached hydrogens (tertiary/aromatic N) is 1. The van der Waals surface area contributed by atoms with Gasteiger partial charge in [-0.25, -0.2) is 5.43 Å². The van der Waals surface area contributed by atoms with E-state index in [0.29, 0.717) is 0 Å². The van der Waals surface area contributed by atoms with Gasteiger partial charge in [-0.1, -0.05) is 0 Å². The molecule has 0 aliphatic carbocycles. The Hall–Kier alpha value is -1.31. The molecule has 1 atom stereocenters. The van der Waals surface area contributed by atoms with Gasteiger partial charge in [-0.15, -0.1) is 0 Å². The molecule has 1 aliphatic rings. The molecule has 0 saturated carbocycles. The second kappa shape index (κ2) is 3.37. The molecule has 1 fully saturated rings. The highest BCUT2D eigenvalue weighted by Gasteiger charge is 2.49. The first kappa shape index (κ1) is 11.8. The molecule has 1 amide bonds. The summed E-state index contributed by atoms with van der Waals surface area (Å²) in [5.41, 5.74) is 0.524. The fraction of sp³-hybridized carbons (Fsp3) is 0.714. The molecule has 8 heteroatoms. The van der Waals surface area contributed by atoms with E-state index >= 15 is 0 Å². The van der Waals surface area contributed by atoms with Gasteiger partial charge in [-0.05, 0) is 13.3 Å². The summed E-state index contributed by atoms with van der Waals surface area (Å²) in [4.78, 5) is 21.4. The van der Waals surface area contributed by atoms with Gasteiger partial charge in [0.05, 0.1) is 0 Å². The maximum absolute atomic E-state index is 12.0. The highest BCUT2D eigenvalue weighted by molar-refractivity contribution is 5.84. The third kappa shape index (κ3) is 2.20. The summed E-state index contributed by atoms with van der Waals surface area (Å²) in [6.45, 7) is 0.945. The highest BCUT2D eigenvalue weighted by Crippen LogP contribution is 2.24. The van der Waals surface area contributed by atoms with Crippen molar-refractivity contribution in [3.05, 3.63) is 0 Å². The van der Waals surface area contributed by atoms with E-state index in [2.05, 4.69) is 0 Å². The van der Waals surface area contributed by atoms with Gasteiger partial charge >= 0.3 is 18.1 Å². The molecular formula is C7H9F3N2O3. The maximum atomic E-state index is 12.0. The van der Waals surface area contributed by atoms with E-state index < -0.39 is 23.6 Å². The van der Waals surface area contributed by atoms with Crippen LogP contribution >= 0.6 is 0 Å². The SMILES string of the molecule is CC1(C(=O)O)CCN(C(=O)C(F)(F)F)N1. The molecule has 0 radical (unpaired) electrons. The van der Waals surface area contributed by atoms with Crippen molar-refractivity contribution in [1.82, 2.24) is 10.4 Å². The molecule has 0 aromatic rings. The minimum absolute atomic E-state index is 0.0653. The molecule has 0 spiro atoms. The summed E-state index contributed by atoms with van der Waals surface area (Å²) in [6, 6.07) is 0. The van der Waals surface area contributed by atoms with Gasteiger partial charge in [-0.2, -0.15) is 13.2 Å². The predicted molar refractivity (Wildman–Crippen MR) is 41.6 cm³/mol. The van der Waals surface area contributed by atoms with Gasteiger partial charge in [0.25, 0.3) is 0 Å². The number of aliphatic carboxylic acids is 1. The molecule has 1 unspecified atom stereocenters. The van der Waals surface area contributed by atoms with Crippen LogP contribution in [0.1, 0.15) is 13.3 Å². The molecular weight excluding hydrogens is 217 g/mol. The number of carbonyl (C=O) groups excluding carboxylic acids is 1. The number of hydrazine groups is 1. The van der Waals surface area contributed by atoms with Crippen molar-refractivity contribution in [3.8, 4) is 0 Å². The summed E-state index contributed by atoms with van der Waals surface area (Å²) in [5, 5.41) is 8.98. The zero-order valence-electron chi connectivity index (χ0n) is 7.76. The largest absolute Gasteiger partial charge is 0.480 e. The monoisotopic (exact) mass is 226 g/mol. The zero-order valence-corrected chi connectivity index (χ0v) is 7.76. The van der Waals surface area contributed by atoms with E-state index in [9.17, 15) is 22.8 Å². The number of carbonyl (C=O) groups is 2. The van der Waals surface area contributed by atoms with Crippen LogP contribution < -0.4 is 5.43 Å². The van der Waals surface area contributed by atoms with Gasteiger partial charge in [0.15, 0.2) is 0 Å². The van der Waals surface area contributed by atoms with Gasteiger partial charge in [0.2, 0.25) is 0 Å². The Kier molecular flexibility index (Phi) is 2.64. The second-order valence-corrected chi connectivity index (χ2v) is 3.45. The Bertz CT molecular complexity index is 304. The predicted octanol–water partition coefficient (Wildman–Crippen LogP) is 0.129. The van der Waals surface area contributed by atoms with E-state index in [0.717, 1.165) is 0 Å². The number of hydrogen-bond acceptors (Lipinski definition) is 3. The average molecular weight is 226 g/mol. The van der Waals surface area contributed by atoms with Crippen LogP contribution in [0.4, 0.5) is 13.2 Å². The quantitative estimate of drug-likeness (QED) is 0.666. The average Bonchev–Trinajstić information content (AvgIpc) is 2.46. The van der Waals surface area contributed by atoms with Gasteiger partial charge < -0.3 is 5.11 Å². The van der Waals surface area contributed by atoms with Crippen LogP contribution in [0.15, 0.2) is 0 Å². The number of amides is 1. The number of hydrogen-bond donors (Lipinski definition) is 2. The molecule has 0 aromatic carbocycles. The third-order valence-corrected chi connectivity index (χ3v) is 2.18. The fourth-order valence-electron chi connectivity index (χ4n) is 1.21. The van der Waals surface area contributed by atoms with Crippen molar-refractivity contribution in [2.45, 2.75) is 25.1 Å². The summed E-state index contributed by atoms with van der Waals surface area (Å²) < 4.78 is 35.9. The fourth-order valence-corrected chi connectivity index (χ4v) is 1.21. The highest BCUT2D eigenvalue weighted by atomic mass is 19.4. The summed E-state index contributed by atoms with van der Waals surface area (Å²) in [7, 11) is 0. The molecule has 5 nitrogen and oxygen atoms in total. The van der Waals surface area contributed by atoms with Crippen molar-refractivity contribution in [3.63, 3.8) is 0 Å². The molecule has 1 saturated heterocycles. The second-order valence-electron chi connectivity index (χ2n) is 3.45. The first-order valence-corrected chi connectivity index (χ1v) is 4.07. The normalized spacial score (nSPS) is 26.8. The van der Waals surface area contributed by atoms with E-state index in [1.807, 2.05) is 5.43 Å². The summed E-state index contributed by atoms with van der Waals surface area (Å²) in [6.07, 6.45) is -5.05. The number of carboxylic acid groups (broad SMARTS) is 1. The summed E-state index contributed by atoms with van der Waals surface area (Å²) >= 11 is 0. The third-order valence-electron chi connectivity index (χ3n) is 2.18. The minimum Gasteiger partial charge on any atom is -0.480 e. The van der Waals surface area contributed by atoms with Crippen LogP contribution in [0.2, 0.25) is 0 Å². The van der Waals surface area contributed by atoms with Crippen LogP contribution in [0.25, 0.3) is 0 Å². The van der Waals surface area contributed by atoms with Gasteiger partial charge in [0, 0.05) is 6.54 Å². The lowest BCUT2D eigenvalue weighted by molar-refractivity contribution is -0.188. The molecule has 1 heterocycles. The Morgan fingerprint density at radius 3 is 2.33 bits per heavy atom. The van der Waals surface area contributed by atoms with Crippen molar-refractivity contribution in [2.24, 2.45) is 0 Å². The summed E-state index contributed by atoms with van der Waals surface area (Å²) in [5.74, 6) is -3.37. The molecule has 0 aromatic heterocycles. The molecule has 2 N–H and O–H groups in total. The smallest absolute Gasteiger partial charge is 0.472 e. The Morgan fingerprint density at radius 1 is 1.47 bits per heavy atom. The van der Waals surface area contributed by atoms with E-state index in [1.54, 1.807) is 0 Å². The molecule has 15 heavy (non-hydrogen) atoms. The topological polar surface area (TPSA) is 69.6 Å². The van der Waals surface area contributed by atoms with Gasteiger partial charge in [0.1, 0.15) is 5.54 Å². The molecule has 0 bridgehead atoms. The Balaban J connectivity index is 2.73. The molecule has 1 aliphatic heterocycles. The van der Waals surface area contributed by atoms with Gasteiger partial charge in [-0.3, -0.25) is 14.6 Å².